The second-order valence-electron chi connectivity index (χ2n) is 7.48. The minimum Gasteiger partial charge on any atom is -0.302 e. The maximum absolute atomic E-state index is 13.4. The topological polar surface area (TPSA) is 46.3 Å². The number of likely N-dealkylation sites (tertiary alicyclic amines) is 1. The zero-order valence-corrected chi connectivity index (χ0v) is 14.4. The Labute approximate surface area is 146 Å². The van der Waals surface area contributed by atoms with Crippen molar-refractivity contribution < 1.29 is 8.78 Å². The van der Waals surface area contributed by atoms with Gasteiger partial charge in [-0.05, 0) is 44.2 Å². The predicted octanol–water partition coefficient (Wildman–Crippen LogP) is 3.82. The summed E-state index contributed by atoms with van der Waals surface area (Å²) in [4.78, 5) is 11.1. The molecule has 136 valence electrons. The van der Waals surface area contributed by atoms with Gasteiger partial charge in [0.25, 0.3) is 12.2 Å². The molecule has 0 aromatic carbocycles. The molecule has 2 fully saturated rings. The number of fused-ring (bicyclic) bond motifs is 1. The van der Waals surface area contributed by atoms with E-state index in [0.717, 1.165) is 48.6 Å². The molecule has 0 radical (unpaired) electrons. The first-order valence-electron chi connectivity index (χ1n) is 9.42. The minimum absolute atomic E-state index is 0.109. The van der Waals surface area contributed by atoms with E-state index >= 15 is 0 Å². The highest BCUT2D eigenvalue weighted by Gasteiger charge is 2.27. The SMILES string of the molecule is FC(F)c1cc([C@@H]2CCCN(CC3CCCCC3)C2)nc2ncnn12. The maximum atomic E-state index is 13.4. The summed E-state index contributed by atoms with van der Waals surface area (Å²) in [5.41, 5.74) is 0.631. The monoisotopic (exact) mass is 349 g/mol. The Bertz CT molecular complexity index is 711. The highest BCUT2D eigenvalue weighted by atomic mass is 19.3. The van der Waals surface area contributed by atoms with Crippen LogP contribution in [0.15, 0.2) is 12.4 Å². The van der Waals surface area contributed by atoms with Gasteiger partial charge in [0.15, 0.2) is 0 Å². The van der Waals surface area contributed by atoms with Crippen LogP contribution in [-0.2, 0) is 0 Å². The first-order chi connectivity index (χ1) is 12.2. The molecule has 1 aliphatic heterocycles. The number of nitrogens with zero attached hydrogens (tertiary/aromatic N) is 5. The molecule has 2 aromatic heterocycles. The second-order valence-corrected chi connectivity index (χ2v) is 7.48. The fourth-order valence-corrected chi connectivity index (χ4v) is 4.42. The van der Waals surface area contributed by atoms with Gasteiger partial charge in [-0.25, -0.2) is 13.8 Å². The highest BCUT2D eigenvalue weighted by molar-refractivity contribution is 5.32. The number of alkyl halides is 2. The lowest BCUT2D eigenvalue weighted by molar-refractivity contribution is 0.142. The van der Waals surface area contributed by atoms with Crippen molar-refractivity contribution in [3.63, 3.8) is 0 Å². The molecule has 1 atom stereocenters. The molecule has 25 heavy (non-hydrogen) atoms. The lowest BCUT2D eigenvalue weighted by Crippen LogP contribution is -2.38. The third-order valence-corrected chi connectivity index (χ3v) is 5.69. The van der Waals surface area contributed by atoms with E-state index in [4.69, 9.17) is 0 Å². The lowest BCUT2D eigenvalue weighted by Gasteiger charge is -2.36. The van der Waals surface area contributed by atoms with Crippen LogP contribution in [0.2, 0.25) is 0 Å². The smallest absolute Gasteiger partial charge is 0.280 e. The van der Waals surface area contributed by atoms with Crippen molar-refractivity contribution in [1.29, 1.82) is 0 Å². The van der Waals surface area contributed by atoms with E-state index in [-0.39, 0.29) is 17.4 Å². The van der Waals surface area contributed by atoms with Gasteiger partial charge in [0, 0.05) is 19.0 Å². The number of hydrogen-bond donors (Lipinski definition) is 0. The zero-order chi connectivity index (χ0) is 17.2. The van der Waals surface area contributed by atoms with Crippen molar-refractivity contribution in [2.75, 3.05) is 19.6 Å². The average Bonchev–Trinajstić information content (AvgIpc) is 3.10. The largest absolute Gasteiger partial charge is 0.302 e. The molecule has 0 N–H and O–H groups in total. The quantitative estimate of drug-likeness (QED) is 0.842. The number of halogens is 2. The van der Waals surface area contributed by atoms with Gasteiger partial charge in [0.05, 0.1) is 5.69 Å². The molecule has 4 rings (SSSR count). The number of hydrogen-bond acceptors (Lipinski definition) is 4. The molecule has 1 saturated carbocycles. The van der Waals surface area contributed by atoms with Crippen molar-refractivity contribution in [2.24, 2.45) is 5.92 Å². The van der Waals surface area contributed by atoms with Crippen molar-refractivity contribution >= 4 is 5.78 Å². The Morgan fingerprint density at radius 1 is 1.12 bits per heavy atom. The molecule has 5 nitrogen and oxygen atoms in total. The molecule has 0 unspecified atom stereocenters. The standard InChI is InChI=1S/C18H25F2N5/c19-17(20)16-9-15(23-18-21-12-22-25(16)18)14-7-4-8-24(11-14)10-13-5-2-1-3-6-13/h9,12-14,17H,1-8,10-11H2/t14-/m1/s1. The Balaban J connectivity index is 1.51. The molecule has 0 bridgehead atoms. The Morgan fingerprint density at radius 2 is 1.96 bits per heavy atom. The molecule has 2 aliphatic rings. The van der Waals surface area contributed by atoms with Gasteiger partial charge in [0.2, 0.25) is 0 Å². The zero-order valence-electron chi connectivity index (χ0n) is 14.4. The summed E-state index contributed by atoms with van der Waals surface area (Å²) in [7, 11) is 0. The molecule has 3 heterocycles. The molecule has 1 saturated heterocycles. The van der Waals surface area contributed by atoms with Crippen LogP contribution in [0.5, 0.6) is 0 Å². The third kappa shape index (κ3) is 3.66. The van der Waals surface area contributed by atoms with E-state index in [1.165, 1.54) is 44.5 Å². The molecule has 7 heteroatoms. The second kappa shape index (κ2) is 7.32. The van der Waals surface area contributed by atoms with Gasteiger partial charge in [0.1, 0.15) is 12.0 Å². The van der Waals surface area contributed by atoms with Gasteiger partial charge in [-0.3, -0.25) is 0 Å². The van der Waals surface area contributed by atoms with Gasteiger partial charge in [-0.15, -0.1) is 0 Å². The van der Waals surface area contributed by atoms with E-state index in [1.807, 2.05) is 0 Å². The summed E-state index contributed by atoms with van der Waals surface area (Å²) in [6.07, 6.45) is 7.55. The summed E-state index contributed by atoms with van der Waals surface area (Å²) in [6.45, 7) is 3.17. The van der Waals surface area contributed by atoms with Crippen LogP contribution in [0, 0.1) is 5.92 Å². The molecular formula is C18H25F2N5. The fraction of sp³-hybridized carbons (Fsp3) is 0.722. The van der Waals surface area contributed by atoms with Gasteiger partial charge in [-0.2, -0.15) is 14.6 Å². The normalized spacial score (nSPS) is 23.6. The predicted molar refractivity (Wildman–Crippen MR) is 90.7 cm³/mol. The van der Waals surface area contributed by atoms with Gasteiger partial charge in [-0.1, -0.05) is 19.3 Å². The molecule has 2 aromatic rings. The van der Waals surface area contributed by atoms with Crippen molar-refractivity contribution in [3.05, 3.63) is 23.8 Å². The van der Waals surface area contributed by atoms with E-state index < -0.39 is 6.43 Å². The van der Waals surface area contributed by atoms with Crippen LogP contribution in [0.25, 0.3) is 5.78 Å². The van der Waals surface area contributed by atoms with Crippen LogP contribution in [0.4, 0.5) is 8.78 Å². The summed E-state index contributed by atoms with van der Waals surface area (Å²) in [6, 6.07) is 1.53. The van der Waals surface area contributed by atoms with E-state index in [1.54, 1.807) is 0 Å². The van der Waals surface area contributed by atoms with Gasteiger partial charge < -0.3 is 4.90 Å². The minimum atomic E-state index is -2.58. The molecule has 0 amide bonds. The highest BCUT2D eigenvalue weighted by Crippen LogP contribution is 2.31. The van der Waals surface area contributed by atoms with Crippen LogP contribution in [-0.4, -0.2) is 44.1 Å². The van der Waals surface area contributed by atoms with E-state index in [9.17, 15) is 8.78 Å². The van der Waals surface area contributed by atoms with Crippen molar-refractivity contribution in [2.45, 2.75) is 57.3 Å². The lowest BCUT2D eigenvalue weighted by atomic mass is 9.87. The number of piperidine rings is 1. The first kappa shape index (κ1) is 16.8. The van der Waals surface area contributed by atoms with Crippen LogP contribution in [0.3, 0.4) is 0 Å². The summed E-state index contributed by atoms with van der Waals surface area (Å²) < 4.78 is 27.9. The Kier molecular flexibility index (Phi) is 4.92. The van der Waals surface area contributed by atoms with E-state index in [0.29, 0.717) is 0 Å². The Hall–Kier alpha value is -1.63. The molecule has 1 aliphatic carbocycles. The van der Waals surface area contributed by atoms with Gasteiger partial charge >= 0.3 is 0 Å². The summed E-state index contributed by atoms with van der Waals surface area (Å²) in [5.74, 6) is 1.28. The summed E-state index contributed by atoms with van der Waals surface area (Å²) in [5, 5.41) is 3.87. The van der Waals surface area contributed by atoms with Crippen molar-refractivity contribution in [3.8, 4) is 0 Å². The van der Waals surface area contributed by atoms with Crippen LogP contribution in [0.1, 0.15) is 68.7 Å². The number of rotatable bonds is 4. The fourth-order valence-electron chi connectivity index (χ4n) is 4.42. The molecular weight excluding hydrogens is 324 g/mol. The van der Waals surface area contributed by atoms with E-state index in [2.05, 4.69) is 20.0 Å². The first-order valence-corrected chi connectivity index (χ1v) is 9.42. The average molecular weight is 349 g/mol. The van der Waals surface area contributed by atoms with Crippen LogP contribution < -0.4 is 0 Å². The Morgan fingerprint density at radius 3 is 2.76 bits per heavy atom. The summed E-state index contributed by atoms with van der Waals surface area (Å²) >= 11 is 0. The molecule has 0 spiro atoms. The van der Waals surface area contributed by atoms with Crippen LogP contribution >= 0.6 is 0 Å². The van der Waals surface area contributed by atoms with Crippen molar-refractivity contribution in [1.82, 2.24) is 24.5 Å². The number of aromatic nitrogens is 4. The third-order valence-electron chi connectivity index (χ3n) is 5.69. The maximum Gasteiger partial charge on any atom is 0.280 e.